The van der Waals surface area contributed by atoms with E-state index in [1.54, 1.807) is 6.07 Å². The summed E-state index contributed by atoms with van der Waals surface area (Å²) in [6.07, 6.45) is -2.67. The van der Waals surface area contributed by atoms with Crippen LogP contribution in [0, 0.1) is 23.3 Å². The molecule has 4 aromatic rings. The van der Waals surface area contributed by atoms with Crippen molar-refractivity contribution in [3.05, 3.63) is 107 Å². The zero-order valence-electron chi connectivity index (χ0n) is 20.0. The van der Waals surface area contributed by atoms with E-state index in [1.165, 1.54) is 12.1 Å². The Hall–Kier alpha value is -4.01. The lowest BCUT2D eigenvalue weighted by molar-refractivity contribution is -0.189. The molecule has 2 nitrogen and oxygen atoms in total. The average Bonchev–Trinajstić information content (AvgIpc) is 2.85. The fraction of sp³-hybridized carbons (Fsp3) is 0.172. The minimum Gasteiger partial charge on any atom is -0.460 e. The molecule has 0 heterocycles. The van der Waals surface area contributed by atoms with Crippen LogP contribution in [0.25, 0.3) is 22.3 Å². The first-order chi connectivity index (χ1) is 18.1. The monoisotopic (exact) mass is 534 g/mol. The highest BCUT2D eigenvalue weighted by Crippen LogP contribution is 2.38. The number of alkyl halides is 3. The number of hydrogen-bond donors (Lipinski definition) is 0. The minimum atomic E-state index is -4.56. The normalized spacial score (nSPS) is 11.5. The fourth-order valence-electron chi connectivity index (χ4n) is 4.01. The maximum atomic E-state index is 14.9. The third-order valence-electron chi connectivity index (χ3n) is 5.80. The number of hydrogen-bond acceptors (Lipinski definition) is 2. The summed E-state index contributed by atoms with van der Waals surface area (Å²) >= 11 is 0. The second-order valence-electron chi connectivity index (χ2n) is 8.42. The molecule has 0 bridgehead atoms. The lowest BCUT2D eigenvalue weighted by Crippen LogP contribution is -2.25. The summed E-state index contributed by atoms with van der Waals surface area (Å²) in [6.45, 7) is 0.701. The summed E-state index contributed by atoms with van der Waals surface area (Å²) in [5.74, 6) is -6.77. The molecule has 0 aliphatic rings. The lowest BCUT2D eigenvalue weighted by atomic mass is 9.97. The largest absolute Gasteiger partial charge is 0.460 e. The van der Waals surface area contributed by atoms with Gasteiger partial charge in [0.1, 0.15) is 28.8 Å². The van der Waals surface area contributed by atoms with Gasteiger partial charge in [0.05, 0.1) is 0 Å². The highest BCUT2D eigenvalue weighted by Gasteiger charge is 2.41. The van der Waals surface area contributed by atoms with E-state index >= 15 is 0 Å². The molecule has 198 valence electrons. The van der Waals surface area contributed by atoms with Crippen molar-refractivity contribution in [1.29, 1.82) is 0 Å². The van der Waals surface area contributed by atoms with Crippen LogP contribution in [0.2, 0.25) is 0 Å². The molecule has 0 aromatic heterocycles. The van der Waals surface area contributed by atoms with Crippen LogP contribution < -0.4 is 9.47 Å². The quantitative estimate of drug-likeness (QED) is 0.200. The second kappa shape index (κ2) is 11.2. The Morgan fingerprint density at radius 1 is 0.684 bits per heavy atom. The Kier molecular flexibility index (Phi) is 7.94. The lowest BCUT2D eigenvalue weighted by Gasteiger charge is -2.20. The predicted octanol–water partition coefficient (Wildman–Crippen LogP) is 8.96. The van der Waals surface area contributed by atoms with Gasteiger partial charge in [0.15, 0.2) is 11.6 Å². The molecular weight excluding hydrogens is 513 g/mol. The Labute approximate surface area is 214 Å². The molecule has 0 fully saturated rings. The molecule has 9 heteroatoms. The van der Waals surface area contributed by atoms with Crippen LogP contribution in [0.5, 0.6) is 11.5 Å². The van der Waals surface area contributed by atoms with Crippen LogP contribution in [-0.2, 0) is 12.5 Å². The van der Waals surface area contributed by atoms with E-state index in [0.29, 0.717) is 23.8 Å². The molecule has 0 aliphatic heterocycles. The van der Waals surface area contributed by atoms with E-state index < -0.39 is 53.3 Å². The Morgan fingerprint density at radius 2 is 1.32 bits per heavy atom. The maximum absolute atomic E-state index is 14.9. The van der Waals surface area contributed by atoms with Crippen molar-refractivity contribution in [2.45, 2.75) is 25.9 Å². The van der Waals surface area contributed by atoms with Crippen LogP contribution in [-0.4, -0.2) is 6.86 Å². The molecule has 4 rings (SSSR count). The van der Waals surface area contributed by atoms with E-state index in [0.717, 1.165) is 36.1 Å². The zero-order valence-corrected chi connectivity index (χ0v) is 20.0. The molecule has 0 amide bonds. The minimum absolute atomic E-state index is 0.199. The van der Waals surface area contributed by atoms with Gasteiger partial charge in [-0.3, -0.25) is 0 Å². The van der Waals surface area contributed by atoms with Gasteiger partial charge in [-0.15, -0.1) is 0 Å². The Bertz CT molecular complexity index is 1410. The smallest absolute Gasteiger partial charge is 0.432 e. The van der Waals surface area contributed by atoms with Crippen molar-refractivity contribution in [1.82, 2.24) is 0 Å². The SMILES string of the molecule is CCCc1ccc(-c2ccc(-c3cc(F)c(C(F)(F)Oc4ccc(OCF)c(F)c4)c(F)c3)c(F)c2)cc1. The molecule has 0 saturated carbocycles. The molecule has 0 N–H and O–H groups in total. The standard InChI is InChI=1S/C29H21F7O2/c1-2-3-17-4-6-18(7-5-17)19-8-10-22(23(31)12-19)20-13-25(33)28(26(34)14-20)29(35,36)38-21-9-11-27(37-16-30)24(32)15-21/h4-15H,2-3,16H2,1H3. The first-order valence-corrected chi connectivity index (χ1v) is 11.6. The van der Waals surface area contributed by atoms with Crippen LogP contribution in [0.4, 0.5) is 30.7 Å². The van der Waals surface area contributed by atoms with Gasteiger partial charge in [0.25, 0.3) is 0 Å². The van der Waals surface area contributed by atoms with Gasteiger partial charge in [0, 0.05) is 11.6 Å². The summed E-state index contributed by atoms with van der Waals surface area (Å²) in [7, 11) is 0. The van der Waals surface area contributed by atoms with Crippen molar-refractivity contribution in [3.8, 4) is 33.8 Å². The average molecular weight is 534 g/mol. The van der Waals surface area contributed by atoms with Gasteiger partial charge in [-0.2, -0.15) is 8.78 Å². The van der Waals surface area contributed by atoms with Crippen LogP contribution in [0.15, 0.2) is 72.8 Å². The molecular formula is C29H21F7O2. The third kappa shape index (κ3) is 5.77. The first kappa shape index (κ1) is 27.0. The number of rotatable bonds is 9. The van der Waals surface area contributed by atoms with Gasteiger partial charge < -0.3 is 9.47 Å². The highest BCUT2D eigenvalue weighted by molar-refractivity contribution is 5.71. The molecule has 0 spiro atoms. The topological polar surface area (TPSA) is 18.5 Å². The van der Waals surface area contributed by atoms with E-state index in [4.69, 9.17) is 0 Å². The Morgan fingerprint density at radius 3 is 1.89 bits per heavy atom. The predicted molar refractivity (Wildman–Crippen MR) is 129 cm³/mol. The van der Waals surface area contributed by atoms with Gasteiger partial charge in [-0.1, -0.05) is 49.7 Å². The third-order valence-corrected chi connectivity index (χ3v) is 5.80. The molecule has 0 unspecified atom stereocenters. The van der Waals surface area contributed by atoms with Gasteiger partial charge in [-0.25, -0.2) is 22.0 Å². The Balaban J connectivity index is 1.60. The number of benzene rings is 4. The highest BCUT2D eigenvalue weighted by atomic mass is 19.3. The van der Waals surface area contributed by atoms with Crippen molar-refractivity contribution in [2.75, 3.05) is 6.86 Å². The number of halogens is 7. The summed E-state index contributed by atoms with van der Waals surface area (Å²) in [4.78, 5) is 0. The maximum Gasteiger partial charge on any atom is 0.432 e. The van der Waals surface area contributed by atoms with Crippen LogP contribution in [0.1, 0.15) is 24.5 Å². The van der Waals surface area contributed by atoms with Crippen molar-refractivity contribution < 1.29 is 40.2 Å². The summed E-state index contributed by atoms with van der Waals surface area (Å²) < 4.78 is 109. The summed E-state index contributed by atoms with van der Waals surface area (Å²) in [6, 6.07) is 14.8. The van der Waals surface area contributed by atoms with Gasteiger partial charge >= 0.3 is 6.11 Å². The first-order valence-electron chi connectivity index (χ1n) is 11.6. The van der Waals surface area contributed by atoms with Crippen LogP contribution in [0.3, 0.4) is 0 Å². The summed E-state index contributed by atoms with van der Waals surface area (Å²) in [5.41, 5.74) is 0.154. The van der Waals surface area contributed by atoms with Crippen molar-refractivity contribution >= 4 is 0 Å². The summed E-state index contributed by atoms with van der Waals surface area (Å²) in [5, 5.41) is 0. The molecule has 0 atom stereocenters. The van der Waals surface area contributed by atoms with Crippen LogP contribution >= 0.6 is 0 Å². The zero-order chi connectivity index (χ0) is 27.4. The molecule has 0 aliphatic carbocycles. The van der Waals surface area contributed by atoms with E-state index in [-0.39, 0.29) is 11.1 Å². The van der Waals surface area contributed by atoms with E-state index in [9.17, 15) is 30.7 Å². The fourth-order valence-corrected chi connectivity index (χ4v) is 4.01. The second-order valence-corrected chi connectivity index (χ2v) is 8.42. The number of aryl methyl sites for hydroxylation is 1. The van der Waals surface area contributed by atoms with E-state index in [1.807, 2.05) is 24.3 Å². The molecule has 4 aromatic carbocycles. The molecule has 0 radical (unpaired) electrons. The van der Waals surface area contributed by atoms with E-state index in [2.05, 4.69) is 16.4 Å². The van der Waals surface area contributed by atoms with Crippen molar-refractivity contribution in [2.24, 2.45) is 0 Å². The van der Waals surface area contributed by atoms with Crippen molar-refractivity contribution in [3.63, 3.8) is 0 Å². The van der Waals surface area contributed by atoms with Gasteiger partial charge in [-0.05, 0) is 59.0 Å². The van der Waals surface area contributed by atoms with Gasteiger partial charge in [0.2, 0.25) is 6.86 Å². The molecule has 38 heavy (non-hydrogen) atoms. The number of ether oxygens (including phenoxy) is 2. The molecule has 0 saturated heterocycles.